The normalized spacial score (nSPS) is 10.5. The number of benzene rings is 1. The lowest BCUT2D eigenvalue weighted by molar-refractivity contribution is -0.114. The van der Waals surface area contributed by atoms with Gasteiger partial charge in [0, 0.05) is 19.0 Å². The highest BCUT2D eigenvalue weighted by atomic mass is 16.2. The van der Waals surface area contributed by atoms with Crippen molar-refractivity contribution in [1.29, 1.82) is 0 Å². The zero-order chi connectivity index (χ0) is 15.4. The van der Waals surface area contributed by atoms with Crippen LogP contribution in [0.2, 0.25) is 0 Å². The zero-order valence-corrected chi connectivity index (χ0v) is 12.3. The predicted molar refractivity (Wildman–Crippen MR) is 80.5 cm³/mol. The Morgan fingerprint density at radius 3 is 2.43 bits per heavy atom. The van der Waals surface area contributed by atoms with Gasteiger partial charge >= 0.3 is 0 Å². The Morgan fingerprint density at radius 1 is 1.19 bits per heavy atom. The number of anilines is 1. The Bertz CT molecular complexity index is 647. The number of rotatable bonds is 4. The highest BCUT2D eigenvalue weighted by molar-refractivity contribution is 5.95. The maximum Gasteiger partial charge on any atom is 0.272 e. The summed E-state index contributed by atoms with van der Waals surface area (Å²) >= 11 is 0. The Labute approximate surface area is 123 Å². The fourth-order valence-electron chi connectivity index (χ4n) is 1.86. The van der Waals surface area contributed by atoms with Gasteiger partial charge in [-0.15, -0.1) is 0 Å². The van der Waals surface area contributed by atoms with Crippen LogP contribution in [0, 0.1) is 0 Å². The first-order valence-corrected chi connectivity index (χ1v) is 6.71. The fourth-order valence-corrected chi connectivity index (χ4v) is 1.86. The molecule has 1 heterocycles. The van der Waals surface area contributed by atoms with Crippen molar-refractivity contribution in [2.45, 2.75) is 26.8 Å². The number of nitrogens with one attached hydrogen (secondary N) is 2. The van der Waals surface area contributed by atoms with E-state index in [9.17, 15) is 9.59 Å². The van der Waals surface area contributed by atoms with Gasteiger partial charge in [0.25, 0.3) is 5.91 Å². The molecule has 0 bridgehead atoms. The second-order valence-electron chi connectivity index (χ2n) is 4.97. The van der Waals surface area contributed by atoms with Gasteiger partial charge in [0.1, 0.15) is 5.82 Å². The Morgan fingerprint density at radius 2 is 1.86 bits per heavy atom. The van der Waals surface area contributed by atoms with Crippen molar-refractivity contribution in [1.82, 2.24) is 15.1 Å². The maximum atomic E-state index is 12.0. The number of amides is 2. The molecule has 0 fully saturated rings. The third kappa shape index (κ3) is 3.68. The molecule has 0 aliphatic carbocycles. The van der Waals surface area contributed by atoms with Crippen molar-refractivity contribution in [3.8, 4) is 5.69 Å². The molecule has 0 unspecified atom stereocenters. The number of carbonyl (C=O) groups is 2. The smallest absolute Gasteiger partial charge is 0.272 e. The first-order chi connectivity index (χ1) is 9.97. The van der Waals surface area contributed by atoms with Crippen molar-refractivity contribution in [3.63, 3.8) is 0 Å². The fraction of sp³-hybridized carbons (Fsp3) is 0.267. The molecule has 6 nitrogen and oxygen atoms in total. The molecule has 0 radical (unpaired) electrons. The van der Waals surface area contributed by atoms with E-state index in [1.54, 1.807) is 6.07 Å². The first-order valence-electron chi connectivity index (χ1n) is 6.71. The van der Waals surface area contributed by atoms with E-state index >= 15 is 0 Å². The van der Waals surface area contributed by atoms with Crippen LogP contribution in [-0.2, 0) is 4.79 Å². The quantitative estimate of drug-likeness (QED) is 0.902. The van der Waals surface area contributed by atoms with Gasteiger partial charge in [-0.3, -0.25) is 9.59 Å². The molecule has 2 aromatic rings. The summed E-state index contributed by atoms with van der Waals surface area (Å²) in [6.07, 6.45) is 0. The van der Waals surface area contributed by atoms with Crippen LogP contribution in [0.1, 0.15) is 31.3 Å². The summed E-state index contributed by atoms with van der Waals surface area (Å²) in [4.78, 5) is 23.3. The average molecular weight is 286 g/mol. The Balaban J connectivity index is 2.40. The molecular weight excluding hydrogens is 268 g/mol. The van der Waals surface area contributed by atoms with Gasteiger partial charge in [0.2, 0.25) is 5.91 Å². The third-order valence-corrected chi connectivity index (χ3v) is 2.67. The molecule has 6 heteroatoms. The molecule has 2 N–H and O–H groups in total. The number of para-hydroxylation sites is 1. The number of hydrogen-bond donors (Lipinski definition) is 2. The van der Waals surface area contributed by atoms with Crippen molar-refractivity contribution in [2.75, 3.05) is 5.32 Å². The number of carbonyl (C=O) groups excluding carboxylic acids is 2. The Kier molecular flexibility index (Phi) is 4.37. The first kappa shape index (κ1) is 14.8. The summed E-state index contributed by atoms with van der Waals surface area (Å²) in [6, 6.07) is 10.9. The van der Waals surface area contributed by atoms with E-state index in [2.05, 4.69) is 15.7 Å². The standard InChI is InChI=1S/C15H18N4O2/c1-10(2)16-15(21)13-9-14(17-11(3)20)19(18-13)12-7-5-4-6-8-12/h4-10H,1-3H3,(H,16,21)(H,17,20). The van der Waals surface area contributed by atoms with Gasteiger partial charge in [0.05, 0.1) is 5.69 Å². The van der Waals surface area contributed by atoms with Crippen LogP contribution in [0.3, 0.4) is 0 Å². The van der Waals surface area contributed by atoms with Crippen LogP contribution in [-0.4, -0.2) is 27.6 Å². The number of hydrogen-bond acceptors (Lipinski definition) is 3. The summed E-state index contributed by atoms with van der Waals surface area (Å²) in [6.45, 7) is 5.16. The predicted octanol–water partition coefficient (Wildman–Crippen LogP) is 1.97. The van der Waals surface area contributed by atoms with Crippen LogP contribution in [0.5, 0.6) is 0 Å². The molecule has 0 atom stereocenters. The SMILES string of the molecule is CC(=O)Nc1cc(C(=O)NC(C)C)nn1-c1ccccc1. The van der Waals surface area contributed by atoms with Crippen molar-refractivity contribution < 1.29 is 9.59 Å². The van der Waals surface area contributed by atoms with Crippen LogP contribution in [0.25, 0.3) is 5.69 Å². The molecule has 0 saturated carbocycles. The van der Waals surface area contributed by atoms with Crippen molar-refractivity contribution in [3.05, 3.63) is 42.1 Å². The van der Waals surface area contributed by atoms with Crippen LogP contribution >= 0.6 is 0 Å². The van der Waals surface area contributed by atoms with Gasteiger partial charge in [-0.1, -0.05) is 18.2 Å². The van der Waals surface area contributed by atoms with E-state index in [0.717, 1.165) is 5.69 Å². The lowest BCUT2D eigenvalue weighted by atomic mass is 10.3. The highest BCUT2D eigenvalue weighted by Gasteiger charge is 2.16. The van der Waals surface area contributed by atoms with Gasteiger partial charge in [-0.05, 0) is 26.0 Å². The van der Waals surface area contributed by atoms with Crippen molar-refractivity contribution in [2.24, 2.45) is 0 Å². The average Bonchev–Trinajstić information content (AvgIpc) is 2.82. The van der Waals surface area contributed by atoms with E-state index < -0.39 is 0 Å². The van der Waals surface area contributed by atoms with E-state index in [1.165, 1.54) is 11.6 Å². The molecule has 1 aromatic carbocycles. The highest BCUT2D eigenvalue weighted by Crippen LogP contribution is 2.17. The largest absolute Gasteiger partial charge is 0.348 e. The molecule has 0 aliphatic rings. The minimum atomic E-state index is -0.272. The van der Waals surface area contributed by atoms with Crippen LogP contribution < -0.4 is 10.6 Å². The zero-order valence-electron chi connectivity index (χ0n) is 12.3. The molecule has 1 aromatic heterocycles. The molecule has 110 valence electrons. The minimum absolute atomic E-state index is 0.0172. The van der Waals surface area contributed by atoms with E-state index in [-0.39, 0.29) is 23.6 Å². The van der Waals surface area contributed by atoms with E-state index in [1.807, 2.05) is 44.2 Å². The topological polar surface area (TPSA) is 76.0 Å². The third-order valence-electron chi connectivity index (χ3n) is 2.67. The second-order valence-corrected chi connectivity index (χ2v) is 4.97. The van der Waals surface area contributed by atoms with Crippen molar-refractivity contribution >= 4 is 17.6 Å². The summed E-state index contributed by atoms with van der Waals surface area (Å²) in [7, 11) is 0. The molecular formula is C15H18N4O2. The number of nitrogens with zero attached hydrogens (tertiary/aromatic N) is 2. The van der Waals surface area contributed by atoms with E-state index in [0.29, 0.717) is 5.82 Å². The lowest BCUT2D eigenvalue weighted by Gasteiger charge is -2.07. The monoisotopic (exact) mass is 286 g/mol. The molecule has 2 rings (SSSR count). The van der Waals surface area contributed by atoms with Gasteiger partial charge < -0.3 is 10.6 Å². The molecule has 2 amide bonds. The minimum Gasteiger partial charge on any atom is -0.348 e. The van der Waals surface area contributed by atoms with Gasteiger partial charge in [-0.25, -0.2) is 4.68 Å². The molecule has 21 heavy (non-hydrogen) atoms. The summed E-state index contributed by atoms with van der Waals surface area (Å²) in [5.74, 6) is -0.0308. The molecule has 0 saturated heterocycles. The molecule has 0 aliphatic heterocycles. The van der Waals surface area contributed by atoms with Gasteiger partial charge in [0.15, 0.2) is 5.69 Å². The summed E-state index contributed by atoms with van der Waals surface area (Å²) in [5.41, 5.74) is 1.03. The van der Waals surface area contributed by atoms with Crippen LogP contribution in [0.15, 0.2) is 36.4 Å². The number of aromatic nitrogens is 2. The van der Waals surface area contributed by atoms with E-state index in [4.69, 9.17) is 0 Å². The van der Waals surface area contributed by atoms with Gasteiger partial charge in [-0.2, -0.15) is 5.10 Å². The maximum absolute atomic E-state index is 12.0. The Hall–Kier alpha value is -2.63. The lowest BCUT2D eigenvalue weighted by Crippen LogP contribution is -2.30. The summed E-state index contributed by atoms with van der Waals surface area (Å²) in [5, 5.41) is 9.74. The second kappa shape index (κ2) is 6.21. The van der Waals surface area contributed by atoms with Crippen LogP contribution in [0.4, 0.5) is 5.82 Å². The molecule has 0 spiro atoms. The summed E-state index contributed by atoms with van der Waals surface area (Å²) < 4.78 is 1.54.